The molecule has 3 rings (SSSR count). The summed E-state index contributed by atoms with van der Waals surface area (Å²) in [5, 5.41) is 10.1. The summed E-state index contributed by atoms with van der Waals surface area (Å²) in [6.45, 7) is 0.650. The molecule has 21 heavy (non-hydrogen) atoms. The van der Waals surface area contributed by atoms with E-state index >= 15 is 0 Å². The molecule has 0 saturated heterocycles. The first-order valence-corrected chi connectivity index (χ1v) is 6.76. The van der Waals surface area contributed by atoms with Gasteiger partial charge in [0.15, 0.2) is 0 Å². The molecule has 1 heterocycles. The van der Waals surface area contributed by atoms with Crippen LogP contribution in [0.1, 0.15) is 11.1 Å². The highest BCUT2D eigenvalue weighted by atomic mass is 16.4. The standard InChI is InChI=1S/C17H16N2O2/c18-15-5-6-16-13(9-15)7-8-19(16)11-14-4-2-1-3-12(14)10-17(20)21/h1-9H,10-11,18H2,(H,20,21). The highest BCUT2D eigenvalue weighted by Gasteiger charge is 2.08. The van der Waals surface area contributed by atoms with E-state index in [1.807, 2.05) is 54.7 Å². The monoisotopic (exact) mass is 280 g/mol. The molecule has 0 aliphatic rings. The molecule has 0 radical (unpaired) electrons. The minimum Gasteiger partial charge on any atom is -0.481 e. The van der Waals surface area contributed by atoms with Crippen LogP contribution >= 0.6 is 0 Å². The van der Waals surface area contributed by atoms with Gasteiger partial charge in [0.1, 0.15) is 0 Å². The lowest BCUT2D eigenvalue weighted by Gasteiger charge is -2.10. The number of nitrogen functional groups attached to an aromatic ring is 1. The van der Waals surface area contributed by atoms with E-state index in [1.165, 1.54) is 0 Å². The van der Waals surface area contributed by atoms with Crippen LogP contribution in [0.5, 0.6) is 0 Å². The number of hydrogen-bond acceptors (Lipinski definition) is 2. The molecule has 2 aromatic carbocycles. The molecule has 0 saturated carbocycles. The Kier molecular flexibility index (Phi) is 3.36. The summed E-state index contributed by atoms with van der Waals surface area (Å²) in [5.74, 6) is -0.812. The SMILES string of the molecule is Nc1ccc2c(ccn2Cc2ccccc2CC(=O)O)c1. The number of carboxylic acids is 1. The van der Waals surface area contributed by atoms with Gasteiger partial charge in [-0.05, 0) is 35.4 Å². The summed E-state index contributed by atoms with van der Waals surface area (Å²) < 4.78 is 2.11. The molecule has 0 bridgehead atoms. The summed E-state index contributed by atoms with van der Waals surface area (Å²) in [6.07, 6.45) is 2.05. The Balaban J connectivity index is 1.97. The second kappa shape index (κ2) is 5.32. The van der Waals surface area contributed by atoms with Gasteiger partial charge in [0.05, 0.1) is 6.42 Å². The topological polar surface area (TPSA) is 68.2 Å². The van der Waals surface area contributed by atoms with Crippen molar-refractivity contribution in [2.75, 3.05) is 5.73 Å². The van der Waals surface area contributed by atoms with Crippen molar-refractivity contribution in [3.05, 3.63) is 65.9 Å². The lowest BCUT2D eigenvalue weighted by molar-refractivity contribution is -0.136. The van der Waals surface area contributed by atoms with Crippen LogP contribution in [-0.4, -0.2) is 15.6 Å². The van der Waals surface area contributed by atoms with Gasteiger partial charge in [0, 0.05) is 29.3 Å². The number of nitrogens with two attached hydrogens (primary N) is 1. The average molecular weight is 280 g/mol. The number of benzene rings is 2. The van der Waals surface area contributed by atoms with Crippen LogP contribution in [0, 0.1) is 0 Å². The predicted molar refractivity (Wildman–Crippen MR) is 83.2 cm³/mol. The lowest BCUT2D eigenvalue weighted by atomic mass is 10.0. The van der Waals surface area contributed by atoms with Gasteiger partial charge < -0.3 is 15.4 Å². The largest absolute Gasteiger partial charge is 0.481 e. The Morgan fingerprint density at radius 2 is 1.86 bits per heavy atom. The average Bonchev–Trinajstić information content (AvgIpc) is 2.83. The highest BCUT2D eigenvalue weighted by molar-refractivity contribution is 5.83. The maximum absolute atomic E-state index is 11.0. The number of nitrogens with zero attached hydrogens (tertiary/aromatic N) is 1. The van der Waals surface area contributed by atoms with E-state index in [0.29, 0.717) is 6.54 Å². The molecular weight excluding hydrogens is 264 g/mol. The first-order chi connectivity index (χ1) is 10.1. The summed E-state index contributed by atoms with van der Waals surface area (Å²) >= 11 is 0. The fourth-order valence-electron chi connectivity index (χ4n) is 2.59. The number of anilines is 1. The zero-order valence-corrected chi connectivity index (χ0v) is 11.5. The molecule has 3 aromatic rings. The molecule has 0 aliphatic heterocycles. The van der Waals surface area contributed by atoms with Crippen molar-refractivity contribution >= 4 is 22.6 Å². The van der Waals surface area contributed by atoms with E-state index in [9.17, 15) is 4.79 Å². The van der Waals surface area contributed by atoms with Crippen LogP contribution in [0.25, 0.3) is 10.9 Å². The number of aromatic nitrogens is 1. The minimum absolute atomic E-state index is 0.0440. The quantitative estimate of drug-likeness (QED) is 0.722. The second-order valence-electron chi connectivity index (χ2n) is 5.10. The molecule has 1 aromatic heterocycles. The molecule has 0 spiro atoms. The van der Waals surface area contributed by atoms with Crippen molar-refractivity contribution in [3.63, 3.8) is 0 Å². The Labute approximate surface area is 122 Å². The van der Waals surface area contributed by atoms with Gasteiger partial charge in [-0.1, -0.05) is 24.3 Å². The van der Waals surface area contributed by atoms with Crippen molar-refractivity contribution < 1.29 is 9.90 Å². The van der Waals surface area contributed by atoms with Crippen LogP contribution in [0.3, 0.4) is 0 Å². The normalized spacial score (nSPS) is 10.9. The van der Waals surface area contributed by atoms with Crippen molar-refractivity contribution in [2.45, 2.75) is 13.0 Å². The zero-order chi connectivity index (χ0) is 14.8. The van der Waals surface area contributed by atoms with Gasteiger partial charge >= 0.3 is 5.97 Å². The third-order valence-electron chi connectivity index (χ3n) is 3.60. The van der Waals surface area contributed by atoms with E-state index in [4.69, 9.17) is 10.8 Å². The molecule has 0 fully saturated rings. The molecule has 0 unspecified atom stereocenters. The van der Waals surface area contributed by atoms with E-state index in [2.05, 4.69) is 4.57 Å². The third kappa shape index (κ3) is 2.74. The third-order valence-corrected chi connectivity index (χ3v) is 3.60. The molecule has 0 amide bonds. The number of rotatable bonds is 4. The lowest BCUT2D eigenvalue weighted by Crippen LogP contribution is -2.06. The molecule has 106 valence electrons. The number of fused-ring (bicyclic) bond motifs is 1. The van der Waals surface area contributed by atoms with E-state index < -0.39 is 5.97 Å². The predicted octanol–water partition coefficient (Wildman–Crippen LogP) is 2.90. The van der Waals surface area contributed by atoms with E-state index in [1.54, 1.807) is 0 Å². The molecule has 0 atom stereocenters. The Morgan fingerprint density at radius 3 is 2.62 bits per heavy atom. The smallest absolute Gasteiger partial charge is 0.307 e. The summed E-state index contributed by atoms with van der Waals surface area (Å²) in [4.78, 5) is 11.0. The number of aliphatic carboxylic acids is 1. The number of carbonyl (C=O) groups is 1. The number of carboxylic acid groups (broad SMARTS) is 1. The first-order valence-electron chi connectivity index (χ1n) is 6.76. The van der Waals surface area contributed by atoms with Gasteiger partial charge in [0.25, 0.3) is 0 Å². The van der Waals surface area contributed by atoms with Crippen molar-refractivity contribution in [3.8, 4) is 0 Å². The maximum Gasteiger partial charge on any atom is 0.307 e. The van der Waals surface area contributed by atoms with Crippen molar-refractivity contribution in [1.29, 1.82) is 0 Å². The van der Waals surface area contributed by atoms with E-state index in [0.717, 1.165) is 27.7 Å². The van der Waals surface area contributed by atoms with Gasteiger partial charge in [-0.15, -0.1) is 0 Å². The summed E-state index contributed by atoms with van der Waals surface area (Å²) in [7, 11) is 0. The van der Waals surface area contributed by atoms with E-state index in [-0.39, 0.29) is 6.42 Å². The molecule has 4 nitrogen and oxygen atoms in total. The fourth-order valence-corrected chi connectivity index (χ4v) is 2.59. The molecule has 4 heteroatoms. The summed E-state index contributed by atoms with van der Waals surface area (Å²) in [6, 6.07) is 15.5. The maximum atomic E-state index is 11.0. The van der Waals surface area contributed by atoms with Crippen LogP contribution in [-0.2, 0) is 17.8 Å². The Morgan fingerprint density at radius 1 is 1.10 bits per heavy atom. The summed E-state index contributed by atoms with van der Waals surface area (Å²) in [5.41, 5.74) is 9.50. The fraction of sp³-hybridized carbons (Fsp3) is 0.118. The van der Waals surface area contributed by atoms with Crippen LogP contribution < -0.4 is 5.73 Å². The highest BCUT2D eigenvalue weighted by Crippen LogP contribution is 2.21. The van der Waals surface area contributed by atoms with Gasteiger partial charge in [-0.2, -0.15) is 0 Å². The zero-order valence-electron chi connectivity index (χ0n) is 11.5. The minimum atomic E-state index is -0.812. The van der Waals surface area contributed by atoms with Gasteiger partial charge in [-0.25, -0.2) is 0 Å². The van der Waals surface area contributed by atoms with Crippen molar-refractivity contribution in [2.24, 2.45) is 0 Å². The first kappa shape index (κ1) is 13.2. The van der Waals surface area contributed by atoms with Crippen LogP contribution in [0.4, 0.5) is 5.69 Å². The molecular formula is C17H16N2O2. The number of hydrogen-bond donors (Lipinski definition) is 2. The van der Waals surface area contributed by atoms with Gasteiger partial charge in [0.2, 0.25) is 0 Å². The van der Waals surface area contributed by atoms with Gasteiger partial charge in [-0.3, -0.25) is 4.79 Å². The van der Waals surface area contributed by atoms with Crippen molar-refractivity contribution in [1.82, 2.24) is 4.57 Å². The molecule has 3 N–H and O–H groups in total. The Hall–Kier alpha value is -2.75. The second-order valence-corrected chi connectivity index (χ2v) is 5.10. The van der Waals surface area contributed by atoms with Crippen LogP contribution in [0.15, 0.2) is 54.7 Å². The molecule has 0 aliphatic carbocycles. The van der Waals surface area contributed by atoms with Crippen LogP contribution in [0.2, 0.25) is 0 Å². The Bertz CT molecular complexity index is 805.